The van der Waals surface area contributed by atoms with E-state index in [1.165, 1.54) is 23.8 Å². The van der Waals surface area contributed by atoms with Crippen LogP contribution in [0.25, 0.3) is 11.0 Å². The number of hydrogen-bond acceptors (Lipinski definition) is 9. The highest BCUT2D eigenvalue weighted by Crippen LogP contribution is 2.39. The first kappa shape index (κ1) is 28.3. The Balaban J connectivity index is 1.41. The van der Waals surface area contributed by atoms with Crippen molar-refractivity contribution in [3.05, 3.63) is 71.8 Å². The fourth-order valence-electron chi connectivity index (χ4n) is 5.51. The second kappa shape index (κ2) is 12.6. The van der Waals surface area contributed by atoms with Crippen molar-refractivity contribution in [3.8, 4) is 23.0 Å². The molecule has 43 heavy (non-hydrogen) atoms. The van der Waals surface area contributed by atoms with E-state index >= 15 is 0 Å². The number of carbonyl (C=O) groups is 2. The monoisotopic (exact) mass is 587 g/mol. The molecule has 2 amide bonds. The van der Waals surface area contributed by atoms with Gasteiger partial charge in [-0.15, -0.1) is 5.10 Å². The summed E-state index contributed by atoms with van der Waals surface area (Å²) >= 11 is 0. The normalized spacial score (nSPS) is 16.2. The lowest BCUT2D eigenvalue weighted by atomic mass is 10.0. The molecule has 1 fully saturated rings. The molecule has 0 saturated carbocycles. The Hall–Kier alpha value is -4.84. The number of aromatic nitrogens is 3. The van der Waals surface area contributed by atoms with Crippen molar-refractivity contribution in [1.82, 2.24) is 25.2 Å². The van der Waals surface area contributed by atoms with Crippen LogP contribution in [0.3, 0.4) is 0 Å². The molecule has 2 aliphatic rings. The summed E-state index contributed by atoms with van der Waals surface area (Å²) in [6.07, 6.45) is 1.71. The van der Waals surface area contributed by atoms with Crippen LogP contribution in [0.1, 0.15) is 30.0 Å². The number of nitrogens with zero attached hydrogens (tertiary/aromatic N) is 4. The highest BCUT2D eigenvalue weighted by Gasteiger charge is 2.36. The van der Waals surface area contributed by atoms with Crippen molar-refractivity contribution in [1.29, 1.82) is 0 Å². The van der Waals surface area contributed by atoms with E-state index in [1.54, 1.807) is 24.3 Å². The number of methoxy groups -OCH3 is 2. The van der Waals surface area contributed by atoms with Gasteiger partial charge in [-0.25, -0.2) is 4.68 Å². The number of benzene rings is 3. The molecule has 3 heterocycles. The molecule has 1 aromatic heterocycles. The van der Waals surface area contributed by atoms with E-state index in [0.717, 1.165) is 18.4 Å². The molecule has 1 N–H and O–H groups in total. The van der Waals surface area contributed by atoms with Gasteiger partial charge >= 0.3 is 0 Å². The summed E-state index contributed by atoms with van der Waals surface area (Å²) in [5, 5.41) is 11.4. The lowest BCUT2D eigenvalue weighted by Gasteiger charge is -2.33. The number of ether oxygens (including phenoxy) is 5. The number of rotatable bonds is 11. The minimum atomic E-state index is -1.08. The molecular formula is C31H33N5O7. The summed E-state index contributed by atoms with van der Waals surface area (Å²) in [4.78, 5) is 30.0. The second-order valence-corrected chi connectivity index (χ2v) is 10.3. The molecular weight excluding hydrogens is 554 g/mol. The van der Waals surface area contributed by atoms with E-state index in [-0.39, 0.29) is 37.8 Å². The summed E-state index contributed by atoms with van der Waals surface area (Å²) in [7, 11) is 3.04. The molecule has 2 atom stereocenters. The van der Waals surface area contributed by atoms with E-state index in [1.807, 2.05) is 36.4 Å². The molecule has 0 radical (unpaired) electrons. The van der Waals surface area contributed by atoms with Crippen molar-refractivity contribution < 1.29 is 33.3 Å². The Morgan fingerprint density at radius 1 is 1.07 bits per heavy atom. The maximum absolute atomic E-state index is 14.3. The van der Waals surface area contributed by atoms with Crippen molar-refractivity contribution in [2.45, 2.75) is 38.1 Å². The predicted octanol–water partition coefficient (Wildman–Crippen LogP) is 3.24. The second-order valence-electron chi connectivity index (χ2n) is 10.3. The first-order chi connectivity index (χ1) is 21.1. The van der Waals surface area contributed by atoms with Crippen LogP contribution in [0.15, 0.2) is 60.7 Å². The topological polar surface area (TPSA) is 126 Å². The molecule has 12 heteroatoms. The standard InChI is InChI=1S/C31H33N5O7/c1-39-26-11-5-8-22(30(26)40-2)29(31(38)32-16-21-7-6-14-41-21)35(17-20-12-13-25-27(15-20)43-19-42-25)28(37)18-36-24-10-4-3-9-23(24)33-34-36/h3-5,8-13,15,21,29H,6-7,14,16-19H2,1-2H3,(H,32,38)/t21-,29-/m1/s1. The van der Waals surface area contributed by atoms with E-state index in [0.29, 0.717) is 52.7 Å². The summed E-state index contributed by atoms with van der Waals surface area (Å²) in [5.74, 6) is 1.27. The van der Waals surface area contributed by atoms with Crippen LogP contribution in [-0.2, 0) is 27.4 Å². The number of hydrogen-bond donors (Lipinski definition) is 1. The largest absolute Gasteiger partial charge is 0.493 e. The van der Waals surface area contributed by atoms with Gasteiger partial charge in [0.05, 0.1) is 25.8 Å². The van der Waals surface area contributed by atoms with E-state index in [4.69, 9.17) is 23.7 Å². The molecule has 2 aliphatic heterocycles. The van der Waals surface area contributed by atoms with Gasteiger partial charge in [0.15, 0.2) is 23.0 Å². The molecule has 0 bridgehead atoms. The van der Waals surface area contributed by atoms with Gasteiger partial charge in [0.1, 0.15) is 18.1 Å². The summed E-state index contributed by atoms with van der Waals surface area (Å²) in [6.45, 7) is 1.04. The van der Waals surface area contributed by atoms with E-state index < -0.39 is 6.04 Å². The molecule has 12 nitrogen and oxygen atoms in total. The first-order valence-electron chi connectivity index (χ1n) is 14.1. The summed E-state index contributed by atoms with van der Waals surface area (Å²) in [6, 6.07) is 17.1. The van der Waals surface area contributed by atoms with Gasteiger partial charge in [0.25, 0.3) is 0 Å². The zero-order valence-corrected chi connectivity index (χ0v) is 24.0. The van der Waals surface area contributed by atoms with Crippen molar-refractivity contribution >= 4 is 22.8 Å². The van der Waals surface area contributed by atoms with Gasteiger partial charge in [-0.3, -0.25) is 9.59 Å². The number of fused-ring (bicyclic) bond motifs is 2. The molecule has 0 aliphatic carbocycles. The Morgan fingerprint density at radius 3 is 2.74 bits per heavy atom. The van der Waals surface area contributed by atoms with Crippen LogP contribution >= 0.6 is 0 Å². The van der Waals surface area contributed by atoms with E-state index in [9.17, 15) is 9.59 Å². The molecule has 6 rings (SSSR count). The third kappa shape index (κ3) is 5.91. The van der Waals surface area contributed by atoms with Gasteiger partial charge < -0.3 is 33.9 Å². The highest BCUT2D eigenvalue weighted by molar-refractivity contribution is 5.90. The average molecular weight is 588 g/mol. The summed E-state index contributed by atoms with van der Waals surface area (Å²) in [5.41, 5.74) is 2.60. The minimum Gasteiger partial charge on any atom is -0.493 e. The predicted molar refractivity (Wildman–Crippen MR) is 155 cm³/mol. The van der Waals surface area contributed by atoms with Crippen molar-refractivity contribution in [3.63, 3.8) is 0 Å². The SMILES string of the molecule is COc1cccc([C@H](C(=O)NC[C@H]2CCCO2)N(Cc2ccc3c(c2)OCO3)C(=O)Cn2nnc3ccccc32)c1OC. The van der Waals surface area contributed by atoms with Gasteiger partial charge in [0.2, 0.25) is 18.6 Å². The van der Waals surface area contributed by atoms with Crippen LogP contribution < -0.4 is 24.3 Å². The van der Waals surface area contributed by atoms with Crippen LogP contribution in [0, 0.1) is 0 Å². The summed E-state index contributed by atoms with van der Waals surface area (Å²) < 4.78 is 29.7. The highest BCUT2D eigenvalue weighted by atomic mass is 16.7. The van der Waals surface area contributed by atoms with Crippen LogP contribution in [0.2, 0.25) is 0 Å². The fraction of sp³-hybridized carbons (Fsp3) is 0.355. The Labute approximate surface area is 248 Å². The molecule has 0 unspecified atom stereocenters. The van der Waals surface area contributed by atoms with Crippen LogP contribution in [0.5, 0.6) is 23.0 Å². The van der Waals surface area contributed by atoms with Gasteiger partial charge in [-0.2, -0.15) is 0 Å². The first-order valence-corrected chi connectivity index (χ1v) is 14.1. The number of carbonyl (C=O) groups excluding carboxylic acids is 2. The lowest BCUT2D eigenvalue weighted by molar-refractivity contribution is -0.142. The molecule has 0 spiro atoms. The van der Waals surface area contributed by atoms with Gasteiger partial charge in [-0.05, 0) is 48.7 Å². The van der Waals surface area contributed by atoms with Gasteiger partial charge in [0, 0.05) is 25.3 Å². The molecule has 4 aromatic rings. The lowest BCUT2D eigenvalue weighted by Crippen LogP contribution is -2.46. The Morgan fingerprint density at radius 2 is 1.93 bits per heavy atom. The maximum atomic E-state index is 14.3. The van der Waals surface area contributed by atoms with Crippen molar-refractivity contribution in [2.75, 3.05) is 34.2 Å². The number of nitrogens with one attached hydrogen (secondary N) is 1. The molecule has 1 saturated heterocycles. The van der Waals surface area contributed by atoms with E-state index in [2.05, 4.69) is 15.6 Å². The number of para-hydroxylation sites is 2. The van der Waals surface area contributed by atoms with Crippen LogP contribution in [0.4, 0.5) is 0 Å². The zero-order valence-electron chi connectivity index (χ0n) is 24.0. The van der Waals surface area contributed by atoms with Crippen molar-refractivity contribution in [2.24, 2.45) is 0 Å². The third-order valence-corrected chi connectivity index (χ3v) is 7.63. The van der Waals surface area contributed by atoms with Gasteiger partial charge in [-0.1, -0.05) is 35.5 Å². The smallest absolute Gasteiger partial charge is 0.247 e. The minimum absolute atomic E-state index is 0.0838. The zero-order chi connectivity index (χ0) is 29.8. The van der Waals surface area contributed by atoms with Crippen LogP contribution in [-0.4, -0.2) is 72.0 Å². The quantitative estimate of drug-likeness (QED) is 0.281. The fourth-order valence-corrected chi connectivity index (χ4v) is 5.51. The Bertz CT molecular complexity index is 1620. The third-order valence-electron chi connectivity index (χ3n) is 7.63. The Kier molecular flexibility index (Phi) is 8.27. The number of amides is 2. The maximum Gasteiger partial charge on any atom is 0.247 e. The molecule has 224 valence electrons. The molecule has 3 aromatic carbocycles. The average Bonchev–Trinajstić information content (AvgIpc) is 3.81.